The average molecular weight is 526 g/mol. The van der Waals surface area contributed by atoms with E-state index >= 15 is 0 Å². The number of hydrogen-bond donors (Lipinski definition) is 1. The Labute approximate surface area is 192 Å². The molecule has 1 heterocycles. The maximum absolute atomic E-state index is 9.56. The van der Waals surface area contributed by atoms with Crippen molar-refractivity contribution in [1.29, 1.82) is 0 Å². The first-order valence-electron chi connectivity index (χ1n) is 12.0. The lowest BCUT2D eigenvalue weighted by Crippen LogP contribution is -2.46. The SMILES string of the molecule is CCCCCCCCCCCCC(C)C1N(CCO)C(Br)C(Br)N1CCCC. The van der Waals surface area contributed by atoms with E-state index in [2.05, 4.69) is 62.4 Å². The molecular weight excluding hydrogens is 480 g/mol. The molecule has 0 aromatic rings. The molecule has 1 rings (SSSR count). The summed E-state index contributed by atoms with van der Waals surface area (Å²) in [4.78, 5) is 5.66. The van der Waals surface area contributed by atoms with E-state index in [1.54, 1.807) is 0 Å². The van der Waals surface area contributed by atoms with Crippen LogP contribution in [0.3, 0.4) is 0 Å². The summed E-state index contributed by atoms with van der Waals surface area (Å²) in [7, 11) is 0. The third-order valence-electron chi connectivity index (χ3n) is 6.19. The van der Waals surface area contributed by atoms with Crippen molar-refractivity contribution in [3.05, 3.63) is 0 Å². The third-order valence-corrected chi connectivity index (χ3v) is 8.95. The molecule has 0 aromatic carbocycles. The van der Waals surface area contributed by atoms with E-state index in [-0.39, 0.29) is 11.6 Å². The molecule has 0 radical (unpaired) electrons. The highest BCUT2D eigenvalue weighted by Gasteiger charge is 2.45. The van der Waals surface area contributed by atoms with Crippen LogP contribution < -0.4 is 0 Å². The summed E-state index contributed by atoms with van der Waals surface area (Å²) in [6, 6.07) is 0. The molecule has 3 nitrogen and oxygen atoms in total. The minimum atomic E-state index is 0.227. The number of alkyl halides is 2. The van der Waals surface area contributed by atoms with Crippen LogP contribution in [0.5, 0.6) is 0 Å². The molecule has 1 aliphatic heterocycles. The second kappa shape index (κ2) is 16.5. The van der Waals surface area contributed by atoms with Gasteiger partial charge in [-0.3, -0.25) is 9.80 Å². The van der Waals surface area contributed by atoms with Gasteiger partial charge in [0.15, 0.2) is 0 Å². The van der Waals surface area contributed by atoms with Gasteiger partial charge in [0.05, 0.1) is 22.7 Å². The number of β-amino-alcohol motifs (C(OH)–C–C–N with tert-alkyl or cyclic N) is 1. The van der Waals surface area contributed by atoms with Crippen molar-refractivity contribution in [1.82, 2.24) is 9.80 Å². The number of halogens is 2. The van der Waals surface area contributed by atoms with Crippen molar-refractivity contribution in [3.8, 4) is 0 Å². The maximum atomic E-state index is 9.56. The van der Waals surface area contributed by atoms with Gasteiger partial charge in [-0.1, -0.05) is 123 Å². The summed E-state index contributed by atoms with van der Waals surface area (Å²) in [6.07, 6.45) is 18.1. The lowest BCUT2D eigenvalue weighted by molar-refractivity contribution is 0.0624. The minimum absolute atomic E-state index is 0.227. The average Bonchev–Trinajstić information content (AvgIpc) is 2.92. The predicted molar refractivity (Wildman–Crippen MR) is 130 cm³/mol. The van der Waals surface area contributed by atoms with E-state index in [1.165, 1.54) is 83.5 Å². The van der Waals surface area contributed by atoms with Gasteiger partial charge in [-0.05, 0) is 18.8 Å². The summed E-state index contributed by atoms with van der Waals surface area (Å²) >= 11 is 7.78. The molecule has 0 saturated carbocycles. The van der Waals surface area contributed by atoms with Crippen LogP contribution in [-0.2, 0) is 0 Å². The molecule has 0 amide bonds. The number of aliphatic hydroxyl groups excluding tert-OH is 1. The molecular formula is C23H46Br2N2O. The zero-order valence-corrected chi connectivity index (χ0v) is 21.9. The highest BCUT2D eigenvalue weighted by molar-refractivity contribution is 9.12. The van der Waals surface area contributed by atoms with Crippen LogP contribution in [0.4, 0.5) is 0 Å². The highest BCUT2D eigenvalue weighted by Crippen LogP contribution is 2.38. The van der Waals surface area contributed by atoms with Crippen molar-refractivity contribution < 1.29 is 5.11 Å². The normalized spacial score (nSPS) is 24.9. The monoisotopic (exact) mass is 524 g/mol. The topological polar surface area (TPSA) is 26.7 Å². The Balaban J connectivity index is 2.34. The van der Waals surface area contributed by atoms with Crippen molar-refractivity contribution in [3.63, 3.8) is 0 Å². The van der Waals surface area contributed by atoms with Gasteiger partial charge in [0.25, 0.3) is 0 Å². The maximum Gasteiger partial charge on any atom is 0.0928 e. The fourth-order valence-corrected chi connectivity index (χ4v) is 6.02. The molecule has 0 spiro atoms. The van der Waals surface area contributed by atoms with E-state index in [0.717, 1.165) is 13.1 Å². The Morgan fingerprint density at radius 2 is 1.18 bits per heavy atom. The lowest BCUT2D eigenvalue weighted by atomic mass is 9.97. The van der Waals surface area contributed by atoms with Crippen LogP contribution in [-0.4, -0.2) is 50.7 Å². The molecule has 168 valence electrons. The van der Waals surface area contributed by atoms with E-state index in [0.29, 0.717) is 17.0 Å². The summed E-state index contributed by atoms with van der Waals surface area (Å²) in [5.74, 6) is 0.625. The molecule has 28 heavy (non-hydrogen) atoms. The molecule has 1 N–H and O–H groups in total. The van der Waals surface area contributed by atoms with Crippen LogP contribution in [0.2, 0.25) is 0 Å². The molecule has 0 aliphatic carbocycles. The molecule has 4 unspecified atom stereocenters. The largest absolute Gasteiger partial charge is 0.395 e. The Hall–Kier alpha value is 0.840. The third kappa shape index (κ3) is 9.32. The van der Waals surface area contributed by atoms with E-state index < -0.39 is 0 Å². The first kappa shape index (κ1) is 26.9. The smallest absolute Gasteiger partial charge is 0.0928 e. The van der Waals surface area contributed by atoms with Gasteiger partial charge in [0.2, 0.25) is 0 Å². The van der Waals surface area contributed by atoms with Crippen LogP contribution >= 0.6 is 31.9 Å². The van der Waals surface area contributed by atoms with E-state index in [4.69, 9.17) is 0 Å². The summed E-state index contributed by atoms with van der Waals surface area (Å²) < 4.78 is 0. The molecule has 1 aliphatic rings. The van der Waals surface area contributed by atoms with Crippen LogP contribution in [0.15, 0.2) is 0 Å². The van der Waals surface area contributed by atoms with E-state index in [9.17, 15) is 5.11 Å². The van der Waals surface area contributed by atoms with Gasteiger partial charge in [-0.2, -0.15) is 0 Å². The zero-order chi connectivity index (χ0) is 20.8. The zero-order valence-electron chi connectivity index (χ0n) is 18.7. The Kier molecular flexibility index (Phi) is 15.9. The molecule has 0 aromatic heterocycles. The quantitative estimate of drug-likeness (QED) is 0.124. The summed E-state index contributed by atoms with van der Waals surface area (Å²) in [6.45, 7) is 9.06. The number of unbranched alkanes of at least 4 members (excludes halogenated alkanes) is 10. The first-order valence-corrected chi connectivity index (χ1v) is 13.8. The van der Waals surface area contributed by atoms with Crippen LogP contribution in [0.1, 0.15) is 104 Å². The highest BCUT2D eigenvalue weighted by atomic mass is 79.9. The van der Waals surface area contributed by atoms with E-state index in [1.807, 2.05) is 0 Å². The molecule has 0 bridgehead atoms. The Morgan fingerprint density at radius 3 is 1.68 bits per heavy atom. The fourth-order valence-electron chi connectivity index (χ4n) is 4.52. The minimum Gasteiger partial charge on any atom is -0.395 e. The van der Waals surface area contributed by atoms with Gasteiger partial charge in [0.1, 0.15) is 0 Å². The summed E-state index contributed by atoms with van der Waals surface area (Å²) in [5.41, 5.74) is 0. The van der Waals surface area contributed by atoms with Crippen molar-refractivity contribution >= 4 is 31.9 Å². The van der Waals surface area contributed by atoms with Gasteiger partial charge >= 0.3 is 0 Å². The first-order chi connectivity index (χ1) is 13.6. The van der Waals surface area contributed by atoms with Gasteiger partial charge in [0, 0.05) is 13.1 Å². The van der Waals surface area contributed by atoms with Gasteiger partial charge in [-0.25, -0.2) is 0 Å². The van der Waals surface area contributed by atoms with Crippen molar-refractivity contribution in [2.24, 2.45) is 5.92 Å². The molecule has 1 fully saturated rings. The van der Waals surface area contributed by atoms with Crippen molar-refractivity contribution in [2.45, 2.75) is 120 Å². The van der Waals surface area contributed by atoms with Gasteiger partial charge < -0.3 is 5.11 Å². The van der Waals surface area contributed by atoms with Crippen LogP contribution in [0.25, 0.3) is 0 Å². The number of nitrogens with zero attached hydrogens (tertiary/aromatic N) is 2. The molecule has 4 atom stereocenters. The molecule has 1 saturated heterocycles. The fraction of sp³-hybridized carbons (Fsp3) is 1.00. The standard InChI is InChI=1S/C23H46Br2N2O/c1-4-6-8-9-10-11-12-13-14-15-16-20(3)23-26(17-7-5-2)21(24)22(25)27(23)18-19-28/h20-23,28H,4-19H2,1-3H3. The van der Waals surface area contributed by atoms with Crippen LogP contribution in [0, 0.1) is 5.92 Å². The number of rotatable bonds is 17. The summed E-state index contributed by atoms with van der Waals surface area (Å²) in [5, 5.41) is 9.56. The Bertz CT molecular complexity index is 373. The number of hydrogen-bond acceptors (Lipinski definition) is 3. The Morgan fingerprint density at radius 1 is 0.714 bits per heavy atom. The lowest BCUT2D eigenvalue weighted by Gasteiger charge is -2.35. The van der Waals surface area contributed by atoms with Crippen molar-refractivity contribution in [2.75, 3.05) is 19.7 Å². The van der Waals surface area contributed by atoms with Gasteiger partial charge in [-0.15, -0.1) is 0 Å². The second-order valence-electron chi connectivity index (χ2n) is 8.66. The predicted octanol–water partition coefficient (Wildman–Crippen LogP) is 7.11. The molecule has 5 heteroatoms. The second-order valence-corrected chi connectivity index (χ2v) is 10.5. The number of aliphatic hydroxyl groups is 1.